The van der Waals surface area contributed by atoms with Crippen LogP contribution in [0.1, 0.15) is 56.6 Å². The topological polar surface area (TPSA) is 38.3 Å². The van der Waals surface area contributed by atoms with Crippen LogP contribution in [-0.4, -0.2) is 25.7 Å². The number of nitrogens with one attached hydrogen (secondary N) is 1. The smallest absolute Gasteiger partial charge is 0.235 e. The summed E-state index contributed by atoms with van der Waals surface area (Å²) in [4.78, 5) is 13.8. The Hall–Kier alpha value is -2.13. The van der Waals surface area contributed by atoms with Crippen molar-refractivity contribution in [1.29, 1.82) is 0 Å². The molecule has 0 spiro atoms. The lowest BCUT2D eigenvalue weighted by Gasteiger charge is -2.34. The molecule has 2 aliphatic carbocycles. The standard InChI is InChI=1S/C25H31NO2/c1-3-16-25(24(27)26-17-18-10-4-9-15-23(18)28-2)21-13-7-5-11-19(21)20-12-6-8-14-22(20)25/h5-8,11-14,18,23H,3-4,9-10,15-17H2,1-2H3,(H,26,27). The molecule has 0 saturated heterocycles. The summed E-state index contributed by atoms with van der Waals surface area (Å²) in [6.07, 6.45) is 6.73. The molecule has 1 fully saturated rings. The van der Waals surface area contributed by atoms with Crippen LogP contribution in [0.5, 0.6) is 0 Å². The molecule has 3 heteroatoms. The molecule has 0 aliphatic heterocycles. The Morgan fingerprint density at radius 2 is 1.64 bits per heavy atom. The molecule has 4 rings (SSSR count). The molecule has 0 radical (unpaired) electrons. The second kappa shape index (κ2) is 8.08. The first-order valence-corrected chi connectivity index (χ1v) is 10.7. The highest BCUT2D eigenvalue weighted by Gasteiger charge is 2.48. The molecular formula is C25H31NO2. The first kappa shape index (κ1) is 19.2. The van der Waals surface area contributed by atoms with Crippen LogP contribution in [0.4, 0.5) is 0 Å². The zero-order valence-corrected chi connectivity index (χ0v) is 17.0. The number of carbonyl (C=O) groups is 1. The van der Waals surface area contributed by atoms with Crippen molar-refractivity contribution in [3.8, 4) is 11.1 Å². The van der Waals surface area contributed by atoms with Gasteiger partial charge in [-0.3, -0.25) is 4.79 Å². The number of methoxy groups -OCH3 is 1. The van der Waals surface area contributed by atoms with Gasteiger partial charge in [-0.2, -0.15) is 0 Å². The van der Waals surface area contributed by atoms with E-state index in [1.807, 2.05) is 0 Å². The maximum atomic E-state index is 13.8. The van der Waals surface area contributed by atoms with Gasteiger partial charge in [-0.15, -0.1) is 0 Å². The minimum Gasteiger partial charge on any atom is -0.381 e. The molecule has 28 heavy (non-hydrogen) atoms. The summed E-state index contributed by atoms with van der Waals surface area (Å²) < 4.78 is 5.70. The zero-order chi connectivity index (χ0) is 19.6. The Morgan fingerprint density at radius 1 is 1.04 bits per heavy atom. The Labute approximate surface area is 168 Å². The molecule has 0 aromatic heterocycles. The molecule has 148 valence electrons. The van der Waals surface area contributed by atoms with E-state index in [2.05, 4.69) is 60.8 Å². The van der Waals surface area contributed by atoms with Crippen molar-refractivity contribution >= 4 is 5.91 Å². The van der Waals surface area contributed by atoms with Crippen molar-refractivity contribution in [2.75, 3.05) is 13.7 Å². The van der Waals surface area contributed by atoms with Crippen LogP contribution >= 0.6 is 0 Å². The predicted octanol–water partition coefficient (Wildman–Crippen LogP) is 5.07. The van der Waals surface area contributed by atoms with Crippen LogP contribution in [-0.2, 0) is 14.9 Å². The van der Waals surface area contributed by atoms with Gasteiger partial charge < -0.3 is 10.1 Å². The van der Waals surface area contributed by atoms with E-state index in [0.717, 1.165) is 36.8 Å². The zero-order valence-electron chi connectivity index (χ0n) is 17.0. The van der Waals surface area contributed by atoms with E-state index >= 15 is 0 Å². The van der Waals surface area contributed by atoms with Crippen LogP contribution in [0.3, 0.4) is 0 Å². The number of fused-ring (bicyclic) bond motifs is 3. The van der Waals surface area contributed by atoms with Gasteiger partial charge in [0.15, 0.2) is 0 Å². The van der Waals surface area contributed by atoms with E-state index in [1.54, 1.807) is 7.11 Å². The second-order valence-corrected chi connectivity index (χ2v) is 8.28. The summed E-state index contributed by atoms with van der Waals surface area (Å²) in [7, 11) is 1.80. The number of hydrogen-bond donors (Lipinski definition) is 1. The molecule has 2 atom stereocenters. The molecule has 1 saturated carbocycles. The van der Waals surface area contributed by atoms with Gasteiger partial charge in [-0.1, -0.05) is 74.7 Å². The summed E-state index contributed by atoms with van der Waals surface area (Å²) in [5, 5.41) is 3.35. The Balaban J connectivity index is 1.67. The van der Waals surface area contributed by atoms with Gasteiger partial charge in [0.1, 0.15) is 5.41 Å². The van der Waals surface area contributed by atoms with E-state index in [9.17, 15) is 4.79 Å². The number of carbonyl (C=O) groups excluding carboxylic acids is 1. The summed E-state index contributed by atoms with van der Waals surface area (Å²) in [5.41, 5.74) is 4.13. The molecule has 0 heterocycles. The summed E-state index contributed by atoms with van der Waals surface area (Å²) >= 11 is 0. The van der Waals surface area contributed by atoms with E-state index in [-0.39, 0.29) is 12.0 Å². The first-order valence-electron chi connectivity index (χ1n) is 10.7. The van der Waals surface area contributed by atoms with Gasteiger partial charge in [-0.05, 0) is 41.5 Å². The monoisotopic (exact) mass is 377 g/mol. The normalized spacial score (nSPS) is 22.4. The molecule has 1 amide bonds. The quantitative estimate of drug-likeness (QED) is 0.763. The number of benzene rings is 2. The van der Waals surface area contributed by atoms with Crippen LogP contribution in [0.2, 0.25) is 0 Å². The second-order valence-electron chi connectivity index (χ2n) is 8.28. The lowest BCUT2D eigenvalue weighted by molar-refractivity contribution is -0.126. The van der Waals surface area contributed by atoms with Gasteiger partial charge in [0.25, 0.3) is 0 Å². The van der Waals surface area contributed by atoms with E-state index < -0.39 is 5.41 Å². The Bertz CT molecular complexity index is 798. The fourth-order valence-electron chi connectivity index (χ4n) is 5.42. The van der Waals surface area contributed by atoms with E-state index in [0.29, 0.717) is 12.5 Å². The molecular weight excluding hydrogens is 346 g/mol. The Kier molecular flexibility index (Phi) is 5.54. The summed E-state index contributed by atoms with van der Waals surface area (Å²) in [6, 6.07) is 16.9. The molecule has 2 aromatic rings. The number of ether oxygens (including phenoxy) is 1. The lowest BCUT2D eigenvalue weighted by Crippen LogP contribution is -2.47. The number of hydrogen-bond acceptors (Lipinski definition) is 2. The fourth-order valence-corrected chi connectivity index (χ4v) is 5.42. The van der Waals surface area contributed by atoms with Gasteiger partial charge >= 0.3 is 0 Å². The highest BCUT2D eigenvalue weighted by molar-refractivity contribution is 6.00. The van der Waals surface area contributed by atoms with Crippen molar-refractivity contribution < 1.29 is 9.53 Å². The number of amides is 1. The molecule has 2 aromatic carbocycles. The minimum absolute atomic E-state index is 0.146. The molecule has 2 aliphatic rings. The minimum atomic E-state index is -0.584. The maximum Gasteiger partial charge on any atom is 0.235 e. The third-order valence-corrected chi connectivity index (χ3v) is 6.74. The van der Waals surface area contributed by atoms with Crippen LogP contribution in [0.25, 0.3) is 11.1 Å². The lowest BCUT2D eigenvalue weighted by atomic mass is 9.73. The third kappa shape index (κ3) is 3.06. The van der Waals surface area contributed by atoms with Gasteiger partial charge in [0, 0.05) is 19.6 Å². The van der Waals surface area contributed by atoms with Crippen LogP contribution in [0.15, 0.2) is 48.5 Å². The first-order chi connectivity index (χ1) is 13.7. The van der Waals surface area contributed by atoms with Crippen molar-refractivity contribution in [2.24, 2.45) is 5.92 Å². The van der Waals surface area contributed by atoms with Crippen molar-refractivity contribution in [1.82, 2.24) is 5.32 Å². The number of rotatable bonds is 6. The highest BCUT2D eigenvalue weighted by Crippen LogP contribution is 2.51. The Morgan fingerprint density at radius 3 is 2.25 bits per heavy atom. The maximum absolute atomic E-state index is 13.8. The molecule has 0 bridgehead atoms. The highest BCUT2D eigenvalue weighted by atomic mass is 16.5. The SMILES string of the molecule is CCCC1(C(=O)NCC2CCCCC2OC)c2ccccc2-c2ccccc21. The van der Waals surface area contributed by atoms with Crippen LogP contribution in [0, 0.1) is 5.92 Å². The van der Waals surface area contributed by atoms with Gasteiger partial charge in [0.05, 0.1) is 6.10 Å². The largest absolute Gasteiger partial charge is 0.381 e. The van der Waals surface area contributed by atoms with Gasteiger partial charge in [-0.25, -0.2) is 0 Å². The average molecular weight is 378 g/mol. The third-order valence-electron chi connectivity index (χ3n) is 6.74. The summed E-state index contributed by atoms with van der Waals surface area (Å²) in [5.74, 6) is 0.556. The molecule has 2 unspecified atom stereocenters. The van der Waals surface area contributed by atoms with E-state index in [4.69, 9.17) is 4.74 Å². The molecule has 1 N–H and O–H groups in total. The average Bonchev–Trinajstić information content (AvgIpc) is 3.04. The molecule has 3 nitrogen and oxygen atoms in total. The fraction of sp³-hybridized carbons (Fsp3) is 0.480. The van der Waals surface area contributed by atoms with Crippen LogP contribution < -0.4 is 5.32 Å². The van der Waals surface area contributed by atoms with Crippen molar-refractivity contribution in [2.45, 2.75) is 57.0 Å². The van der Waals surface area contributed by atoms with Crippen molar-refractivity contribution in [3.05, 3.63) is 59.7 Å². The van der Waals surface area contributed by atoms with E-state index in [1.165, 1.54) is 24.0 Å². The predicted molar refractivity (Wildman–Crippen MR) is 113 cm³/mol. The van der Waals surface area contributed by atoms with Gasteiger partial charge in [0.2, 0.25) is 5.91 Å². The summed E-state index contributed by atoms with van der Waals surface area (Å²) in [6.45, 7) is 2.87. The van der Waals surface area contributed by atoms with Crippen molar-refractivity contribution in [3.63, 3.8) is 0 Å².